The van der Waals surface area contributed by atoms with Gasteiger partial charge in [0.15, 0.2) is 0 Å². The number of carbonyl (C=O) groups excluding carboxylic acids is 3. The molecule has 0 aliphatic carbocycles. The van der Waals surface area contributed by atoms with Crippen LogP contribution in [0.4, 0.5) is 0 Å². The maximum atomic E-state index is 12.3. The van der Waals surface area contributed by atoms with E-state index in [0.29, 0.717) is 39.4 Å². The van der Waals surface area contributed by atoms with E-state index in [-0.39, 0.29) is 23.6 Å². The fourth-order valence-corrected chi connectivity index (χ4v) is 2.93. The molecule has 0 radical (unpaired) electrons. The molecule has 0 aromatic carbocycles. The largest absolute Gasteiger partial charge is 0.378 e. The van der Waals surface area contributed by atoms with Gasteiger partial charge in [0.2, 0.25) is 17.7 Å². The molecule has 1 N–H and O–H groups in total. The summed E-state index contributed by atoms with van der Waals surface area (Å²) in [6, 6.07) is -0.543. The minimum absolute atomic E-state index is 0.00468. The standard InChI is InChI=1S/C15H25N3O4/c1-11(15(21)17-6-8-22-9-7-17)16-14(20)13-4-3-5-18(10-13)12(2)19/h11,13H,3-10H2,1-2H3,(H,16,20). The van der Waals surface area contributed by atoms with Gasteiger partial charge in [-0.15, -0.1) is 0 Å². The van der Waals surface area contributed by atoms with Crippen molar-refractivity contribution >= 4 is 17.7 Å². The predicted octanol–water partition coefficient (Wildman–Crippen LogP) is -0.392. The quantitative estimate of drug-likeness (QED) is 0.770. The third-order valence-corrected chi connectivity index (χ3v) is 4.29. The molecule has 0 spiro atoms. The molecule has 2 aliphatic heterocycles. The average Bonchev–Trinajstić information content (AvgIpc) is 2.54. The Labute approximate surface area is 131 Å². The smallest absolute Gasteiger partial charge is 0.245 e. The fourth-order valence-electron chi connectivity index (χ4n) is 2.93. The van der Waals surface area contributed by atoms with Crippen LogP contribution in [0.5, 0.6) is 0 Å². The van der Waals surface area contributed by atoms with Crippen LogP contribution in [0.1, 0.15) is 26.7 Å². The van der Waals surface area contributed by atoms with Crippen molar-refractivity contribution in [2.45, 2.75) is 32.7 Å². The lowest BCUT2D eigenvalue weighted by Crippen LogP contribution is -2.53. The van der Waals surface area contributed by atoms with Gasteiger partial charge in [0.1, 0.15) is 6.04 Å². The van der Waals surface area contributed by atoms with Crippen LogP contribution in [-0.2, 0) is 19.1 Å². The molecule has 2 atom stereocenters. The van der Waals surface area contributed by atoms with Crippen molar-refractivity contribution in [3.8, 4) is 0 Å². The molecule has 0 saturated carbocycles. The number of piperidine rings is 1. The second-order valence-corrected chi connectivity index (χ2v) is 5.97. The monoisotopic (exact) mass is 311 g/mol. The van der Waals surface area contributed by atoms with Crippen molar-refractivity contribution in [1.29, 1.82) is 0 Å². The summed E-state index contributed by atoms with van der Waals surface area (Å²) >= 11 is 0. The van der Waals surface area contributed by atoms with Gasteiger partial charge in [-0.25, -0.2) is 0 Å². The molecular formula is C15H25N3O4. The van der Waals surface area contributed by atoms with Crippen LogP contribution in [0.3, 0.4) is 0 Å². The lowest BCUT2D eigenvalue weighted by molar-refractivity contribution is -0.141. The highest BCUT2D eigenvalue weighted by atomic mass is 16.5. The van der Waals surface area contributed by atoms with Gasteiger partial charge in [0, 0.05) is 33.1 Å². The molecule has 2 aliphatic rings. The number of ether oxygens (including phenoxy) is 1. The van der Waals surface area contributed by atoms with E-state index < -0.39 is 6.04 Å². The van der Waals surface area contributed by atoms with Gasteiger partial charge in [-0.3, -0.25) is 14.4 Å². The van der Waals surface area contributed by atoms with Crippen molar-refractivity contribution in [2.75, 3.05) is 39.4 Å². The Morgan fingerprint density at radius 3 is 2.45 bits per heavy atom. The lowest BCUT2D eigenvalue weighted by atomic mass is 9.96. The topological polar surface area (TPSA) is 79.0 Å². The zero-order valence-electron chi connectivity index (χ0n) is 13.3. The summed E-state index contributed by atoms with van der Waals surface area (Å²) in [4.78, 5) is 39.4. The summed E-state index contributed by atoms with van der Waals surface area (Å²) in [6.07, 6.45) is 1.58. The zero-order valence-corrected chi connectivity index (χ0v) is 13.3. The Balaban J connectivity index is 1.84. The van der Waals surface area contributed by atoms with Crippen molar-refractivity contribution in [3.63, 3.8) is 0 Å². The molecule has 2 saturated heterocycles. The van der Waals surface area contributed by atoms with E-state index in [1.807, 2.05) is 0 Å². The lowest BCUT2D eigenvalue weighted by Gasteiger charge is -2.33. The number of nitrogens with zero attached hydrogens (tertiary/aromatic N) is 2. The Hall–Kier alpha value is -1.63. The van der Waals surface area contributed by atoms with Crippen LogP contribution in [-0.4, -0.2) is 73.0 Å². The first-order valence-electron chi connectivity index (χ1n) is 7.91. The highest BCUT2D eigenvalue weighted by molar-refractivity contribution is 5.88. The summed E-state index contributed by atoms with van der Waals surface area (Å²) in [5.41, 5.74) is 0. The molecule has 2 rings (SSSR count). The highest BCUT2D eigenvalue weighted by Gasteiger charge is 2.30. The molecule has 2 heterocycles. The van der Waals surface area contributed by atoms with Crippen LogP contribution in [0.25, 0.3) is 0 Å². The van der Waals surface area contributed by atoms with E-state index in [1.165, 1.54) is 6.92 Å². The summed E-state index contributed by atoms with van der Waals surface area (Å²) in [6.45, 7) is 6.61. The number of likely N-dealkylation sites (tertiary alicyclic amines) is 1. The summed E-state index contributed by atoms with van der Waals surface area (Å²) < 4.78 is 5.22. The maximum absolute atomic E-state index is 12.3. The van der Waals surface area contributed by atoms with E-state index in [4.69, 9.17) is 4.74 Å². The van der Waals surface area contributed by atoms with Gasteiger partial charge >= 0.3 is 0 Å². The van der Waals surface area contributed by atoms with Crippen LogP contribution in [0.2, 0.25) is 0 Å². The minimum Gasteiger partial charge on any atom is -0.378 e. The van der Waals surface area contributed by atoms with Crippen LogP contribution < -0.4 is 5.32 Å². The molecule has 124 valence electrons. The van der Waals surface area contributed by atoms with Gasteiger partial charge in [-0.2, -0.15) is 0 Å². The molecule has 3 amide bonds. The first kappa shape index (κ1) is 16.7. The van der Waals surface area contributed by atoms with Crippen LogP contribution in [0, 0.1) is 5.92 Å². The summed E-state index contributed by atoms with van der Waals surface area (Å²) in [5.74, 6) is -0.441. The van der Waals surface area contributed by atoms with E-state index in [1.54, 1.807) is 16.7 Å². The number of morpholine rings is 1. The number of nitrogens with one attached hydrogen (secondary N) is 1. The van der Waals surface area contributed by atoms with Crippen molar-refractivity contribution < 1.29 is 19.1 Å². The van der Waals surface area contributed by atoms with Crippen molar-refractivity contribution in [2.24, 2.45) is 5.92 Å². The second kappa shape index (κ2) is 7.58. The number of hydrogen-bond acceptors (Lipinski definition) is 4. The fraction of sp³-hybridized carbons (Fsp3) is 0.800. The first-order valence-corrected chi connectivity index (χ1v) is 7.91. The molecule has 22 heavy (non-hydrogen) atoms. The average molecular weight is 311 g/mol. The summed E-state index contributed by atoms with van der Waals surface area (Å²) in [7, 11) is 0. The Kier molecular flexibility index (Phi) is 5.76. The summed E-state index contributed by atoms with van der Waals surface area (Å²) in [5, 5.41) is 2.80. The Morgan fingerprint density at radius 1 is 1.14 bits per heavy atom. The van der Waals surface area contributed by atoms with Crippen LogP contribution in [0.15, 0.2) is 0 Å². The highest BCUT2D eigenvalue weighted by Crippen LogP contribution is 2.17. The van der Waals surface area contributed by atoms with Gasteiger partial charge in [-0.05, 0) is 19.8 Å². The van der Waals surface area contributed by atoms with E-state index in [2.05, 4.69) is 5.32 Å². The minimum atomic E-state index is -0.543. The third kappa shape index (κ3) is 4.19. The van der Waals surface area contributed by atoms with Crippen molar-refractivity contribution in [1.82, 2.24) is 15.1 Å². The van der Waals surface area contributed by atoms with Gasteiger partial charge < -0.3 is 19.9 Å². The third-order valence-electron chi connectivity index (χ3n) is 4.29. The molecule has 2 fully saturated rings. The van der Waals surface area contributed by atoms with Gasteiger partial charge in [0.05, 0.1) is 19.1 Å². The van der Waals surface area contributed by atoms with E-state index >= 15 is 0 Å². The Bertz CT molecular complexity index is 435. The molecule has 0 aromatic rings. The van der Waals surface area contributed by atoms with Gasteiger partial charge in [-0.1, -0.05) is 0 Å². The van der Waals surface area contributed by atoms with Crippen LogP contribution >= 0.6 is 0 Å². The maximum Gasteiger partial charge on any atom is 0.245 e. The van der Waals surface area contributed by atoms with Crippen molar-refractivity contribution in [3.05, 3.63) is 0 Å². The number of carbonyl (C=O) groups is 3. The van der Waals surface area contributed by atoms with E-state index in [0.717, 1.165) is 12.8 Å². The molecule has 2 unspecified atom stereocenters. The van der Waals surface area contributed by atoms with Gasteiger partial charge in [0.25, 0.3) is 0 Å². The molecule has 0 bridgehead atoms. The molecule has 0 aromatic heterocycles. The van der Waals surface area contributed by atoms with E-state index in [9.17, 15) is 14.4 Å². The number of amides is 3. The SMILES string of the molecule is CC(=O)N1CCCC(C(=O)NC(C)C(=O)N2CCOCC2)C1. The molecular weight excluding hydrogens is 286 g/mol. The normalized spacial score (nSPS) is 23.8. The predicted molar refractivity (Wildman–Crippen MR) is 80.0 cm³/mol. The molecule has 7 heteroatoms. The Morgan fingerprint density at radius 2 is 1.82 bits per heavy atom. The second-order valence-electron chi connectivity index (χ2n) is 5.97. The number of hydrogen-bond donors (Lipinski definition) is 1. The first-order chi connectivity index (χ1) is 10.5. The number of rotatable bonds is 3. The zero-order chi connectivity index (χ0) is 16.1. The molecule has 7 nitrogen and oxygen atoms in total.